The van der Waals surface area contributed by atoms with Gasteiger partial charge < -0.3 is 10.4 Å². The first kappa shape index (κ1) is 19.3. The van der Waals surface area contributed by atoms with Crippen LogP contribution in [0.15, 0.2) is 24.3 Å². The molecule has 24 heavy (non-hydrogen) atoms. The Morgan fingerprint density at radius 1 is 1.08 bits per heavy atom. The highest BCUT2D eigenvalue weighted by atomic mass is 35.5. The van der Waals surface area contributed by atoms with Crippen molar-refractivity contribution in [3.63, 3.8) is 0 Å². The Hall–Kier alpha value is -1.03. The van der Waals surface area contributed by atoms with Crippen molar-refractivity contribution >= 4 is 22.9 Å². The van der Waals surface area contributed by atoms with Gasteiger partial charge in [0.15, 0.2) is 0 Å². The summed E-state index contributed by atoms with van der Waals surface area (Å²) in [4.78, 5) is 1.00. The van der Waals surface area contributed by atoms with Crippen molar-refractivity contribution in [3.05, 3.63) is 39.7 Å². The number of halogens is 1. The molecule has 0 spiro atoms. The average molecular weight is 366 g/mol. The molecule has 0 unspecified atom stereocenters. The quantitative estimate of drug-likeness (QED) is 0.696. The zero-order valence-electron chi connectivity index (χ0n) is 15.5. The van der Waals surface area contributed by atoms with E-state index in [2.05, 4.69) is 52.9 Å². The summed E-state index contributed by atoms with van der Waals surface area (Å²) < 4.78 is 0.736. The van der Waals surface area contributed by atoms with Gasteiger partial charge in [-0.25, -0.2) is 0 Å². The fraction of sp³-hybridized carbons (Fsp3) is 0.500. The normalized spacial score (nSPS) is 12.6. The zero-order chi connectivity index (χ0) is 18.1. The van der Waals surface area contributed by atoms with Crippen LogP contribution in [-0.4, -0.2) is 17.2 Å². The number of hydrogen-bond donors (Lipinski definition) is 2. The van der Waals surface area contributed by atoms with Gasteiger partial charge in [0.2, 0.25) is 0 Å². The molecule has 0 aliphatic heterocycles. The molecule has 0 aliphatic rings. The highest BCUT2D eigenvalue weighted by Gasteiger charge is 2.21. The summed E-state index contributed by atoms with van der Waals surface area (Å²) in [5.74, 6) is 0.326. The van der Waals surface area contributed by atoms with Gasteiger partial charge in [-0.05, 0) is 74.5 Å². The largest absolute Gasteiger partial charge is 0.507 e. The number of aromatic hydroxyl groups is 1. The van der Waals surface area contributed by atoms with Crippen LogP contribution in [0, 0.1) is 0 Å². The highest BCUT2D eigenvalue weighted by Crippen LogP contribution is 2.40. The third kappa shape index (κ3) is 4.98. The summed E-state index contributed by atoms with van der Waals surface area (Å²) in [7, 11) is 0. The molecule has 0 fully saturated rings. The van der Waals surface area contributed by atoms with E-state index in [4.69, 9.17) is 11.6 Å². The van der Waals surface area contributed by atoms with Crippen molar-refractivity contribution in [1.29, 1.82) is 0 Å². The van der Waals surface area contributed by atoms with E-state index in [1.807, 2.05) is 18.2 Å². The van der Waals surface area contributed by atoms with E-state index in [1.165, 1.54) is 22.5 Å². The first-order chi connectivity index (χ1) is 11.0. The Morgan fingerprint density at radius 2 is 1.75 bits per heavy atom. The number of phenols is 1. The second-order valence-corrected chi connectivity index (χ2v) is 10.0. The van der Waals surface area contributed by atoms with Gasteiger partial charge in [0.25, 0.3) is 0 Å². The molecule has 0 radical (unpaired) electrons. The van der Waals surface area contributed by atoms with Crippen LogP contribution in [0.1, 0.15) is 52.7 Å². The first-order valence-electron chi connectivity index (χ1n) is 8.34. The minimum atomic E-state index is 0.0145. The smallest absolute Gasteiger partial charge is 0.124 e. The Kier molecular flexibility index (Phi) is 5.68. The predicted molar refractivity (Wildman–Crippen MR) is 107 cm³/mol. The van der Waals surface area contributed by atoms with E-state index in [0.717, 1.165) is 27.7 Å². The van der Waals surface area contributed by atoms with Gasteiger partial charge in [0.05, 0.1) is 4.34 Å². The molecule has 2 N–H and O–H groups in total. The van der Waals surface area contributed by atoms with Crippen molar-refractivity contribution in [3.8, 4) is 16.2 Å². The van der Waals surface area contributed by atoms with Crippen LogP contribution in [0.5, 0.6) is 5.75 Å². The van der Waals surface area contributed by atoms with Crippen LogP contribution in [-0.2, 0) is 11.8 Å². The topological polar surface area (TPSA) is 32.3 Å². The predicted octanol–water partition coefficient (Wildman–Crippen LogP) is 6.00. The SMILES string of the molecule is CC(C)(C)NCCc1cc(O)c(-c2ccc(Cl)s2)cc1C(C)(C)C. The fourth-order valence-corrected chi connectivity index (χ4v) is 3.83. The van der Waals surface area contributed by atoms with Crippen LogP contribution >= 0.6 is 22.9 Å². The number of hydrogen-bond acceptors (Lipinski definition) is 3. The molecule has 2 nitrogen and oxygen atoms in total. The molecule has 0 saturated carbocycles. The van der Waals surface area contributed by atoms with Crippen molar-refractivity contribution in [2.24, 2.45) is 0 Å². The van der Waals surface area contributed by atoms with Crippen molar-refractivity contribution in [2.75, 3.05) is 6.54 Å². The molecule has 132 valence electrons. The summed E-state index contributed by atoms with van der Waals surface area (Å²) in [5, 5.41) is 14.1. The molecular formula is C20H28ClNOS. The molecule has 1 heterocycles. The Labute approximate surface area is 154 Å². The van der Waals surface area contributed by atoms with Gasteiger partial charge in [-0.15, -0.1) is 11.3 Å². The molecule has 2 rings (SSSR count). The summed E-state index contributed by atoms with van der Waals surface area (Å²) in [6.45, 7) is 14.0. The lowest BCUT2D eigenvalue weighted by Gasteiger charge is -2.26. The van der Waals surface area contributed by atoms with Gasteiger partial charge in [0, 0.05) is 16.0 Å². The van der Waals surface area contributed by atoms with Gasteiger partial charge in [-0.1, -0.05) is 32.4 Å². The van der Waals surface area contributed by atoms with Gasteiger partial charge in [-0.2, -0.15) is 0 Å². The van der Waals surface area contributed by atoms with E-state index in [-0.39, 0.29) is 11.0 Å². The second-order valence-electron chi connectivity index (χ2n) is 8.31. The molecule has 1 aromatic carbocycles. The number of thiophene rings is 1. The summed E-state index contributed by atoms with van der Waals surface area (Å²) in [5.41, 5.74) is 3.45. The van der Waals surface area contributed by atoms with Crippen LogP contribution in [0.3, 0.4) is 0 Å². The zero-order valence-corrected chi connectivity index (χ0v) is 17.0. The third-order valence-electron chi connectivity index (χ3n) is 3.92. The van der Waals surface area contributed by atoms with Gasteiger partial charge in [0.1, 0.15) is 5.75 Å². The Balaban J connectivity index is 2.39. The lowest BCUT2D eigenvalue weighted by Crippen LogP contribution is -2.37. The first-order valence-corrected chi connectivity index (χ1v) is 9.54. The molecule has 0 bridgehead atoms. The molecule has 4 heteroatoms. The fourth-order valence-electron chi connectivity index (χ4n) is 2.77. The van der Waals surface area contributed by atoms with Crippen LogP contribution in [0.4, 0.5) is 0 Å². The third-order valence-corrected chi connectivity index (χ3v) is 5.18. The lowest BCUT2D eigenvalue weighted by molar-refractivity contribution is 0.427. The molecule has 0 saturated heterocycles. The molecule has 0 aliphatic carbocycles. The van der Waals surface area contributed by atoms with E-state index >= 15 is 0 Å². The summed E-state index contributed by atoms with van der Waals surface area (Å²) in [6.07, 6.45) is 0.892. The van der Waals surface area contributed by atoms with E-state index in [1.54, 1.807) is 0 Å². The molecule has 0 atom stereocenters. The number of rotatable bonds is 4. The van der Waals surface area contributed by atoms with Crippen molar-refractivity contribution in [2.45, 2.75) is 58.9 Å². The van der Waals surface area contributed by atoms with E-state index in [0.29, 0.717) is 5.75 Å². The lowest BCUT2D eigenvalue weighted by atomic mass is 9.81. The maximum atomic E-state index is 10.5. The number of nitrogens with one attached hydrogen (secondary N) is 1. The Bertz CT molecular complexity index is 707. The monoisotopic (exact) mass is 365 g/mol. The van der Waals surface area contributed by atoms with Crippen LogP contribution in [0.2, 0.25) is 4.34 Å². The molecular weight excluding hydrogens is 338 g/mol. The minimum absolute atomic E-state index is 0.0145. The van der Waals surface area contributed by atoms with Crippen molar-refractivity contribution in [1.82, 2.24) is 5.32 Å². The second kappa shape index (κ2) is 7.07. The minimum Gasteiger partial charge on any atom is -0.507 e. The molecule has 1 aromatic heterocycles. The molecule has 2 aromatic rings. The van der Waals surface area contributed by atoms with E-state index < -0.39 is 0 Å². The van der Waals surface area contributed by atoms with Crippen LogP contribution < -0.4 is 5.32 Å². The Morgan fingerprint density at radius 3 is 2.25 bits per heavy atom. The average Bonchev–Trinajstić information content (AvgIpc) is 2.82. The summed E-state index contributed by atoms with van der Waals surface area (Å²) >= 11 is 7.56. The van der Waals surface area contributed by atoms with Gasteiger partial charge >= 0.3 is 0 Å². The van der Waals surface area contributed by atoms with Crippen LogP contribution in [0.25, 0.3) is 10.4 Å². The van der Waals surface area contributed by atoms with Crippen molar-refractivity contribution < 1.29 is 5.11 Å². The van der Waals surface area contributed by atoms with Gasteiger partial charge in [-0.3, -0.25) is 0 Å². The number of benzene rings is 1. The number of phenolic OH excluding ortho intramolecular Hbond substituents is 1. The maximum Gasteiger partial charge on any atom is 0.124 e. The standard InChI is InChI=1S/C20H28ClNOS/c1-19(2,3)15-12-14(17-7-8-18(21)24-17)16(23)11-13(15)9-10-22-20(4,5)6/h7-8,11-12,22-23H,9-10H2,1-6H3. The van der Waals surface area contributed by atoms with E-state index in [9.17, 15) is 5.11 Å². The molecule has 0 amide bonds. The summed E-state index contributed by atoms with van der Waals surface area (Å²) in [6, 6.07) is 7.89. The maximum absolute atomic E-state index is 10.5. The highest BCUT2D eigenvalue weighted by molar-refractivity contribution is 7.19.